The van der Waals surface area contributed by atoms with Crippen molar-refractivity contribution in [3.05, 3.63) is 35.1 Å². The van der Waals surface area contributed by atoms with Crippen LogP contribution in [0.2, 0.25) is 0 Å². The molecule has 1 aromatic rings. The Morgan fingerprint density at radius 1 is 1.30 bits per heavy atom. The summed E-state index contributed by atoms with van der Waals surface area (Å²) in [4.78, 5) is 1.67. The van der Waals surface area contributed by atoms with Crippen LogP contribution in [0.4, 0.5) is 17.6 Å². The number of hydrogen-bond acceptors (Lipinski definition) is 2. The highest BCUT2D eigenvalue weighted by Crippen LogP contribution is 2.33. The number of hydrogen-bond donors (Lipinski definition) is 1. The standard InChI is InChI=1S/C14H18F4N2/c15-13-6-10(7-19)3-4-11(13)8-20-5-1-2-12(9-20)14(16,17)18/h3-4,6,12H,1-2,5,7-9,19H2. The van der Waals surface area contributed by atoms with E-state index in [1.807, 2.05) is 0 Å². The highest BCUT2D eigenvalue weighted by atomic mass is 19.4. The van der Waals surface area contributed by atoms with Gasteiger partial charge in [0.15, 0.2) is 0 Å². The van der Waals surface area contributed by atoms with Crippen molar-refractivity contribution in [1.82, 2.24) is 4.90 Å². The Labute approximate surface area is 115 Å². The monoisotopic (exact) mass is 290 g/mol. The first-order valence-corrected chi connectivity index (χ1v) is 6.66. The number of alkyl halides is 3. The number of likely N-dealkylation sites (tertiary alicyclic amines) is 1. The zero-order chi connectivity index (χ0) is 14.8. The molecule has 0 spiro atoms. The second kappa shape index (κ2) is 6.10. The van der Waals surface area contributed by atoms with Crippen LogP contribution in [-0.2, 0) is 13.1 Å². The van der Waals surface area contributed by atoms with Gasteiger partial charge in [0.05, 0.1) is 5.92 Å². The fraction of sp³-hybridized carbons (Fsp3) is 0.571. The molecule has 1 aliphatic rings. The Hall–Kier alpha value is -1.14. The fourth-order valence-corrected chi connectivity index (χ4v) is 2.55. The molecule has 1 heterocycles. The second-order valence-corrected chi connectivity index (χ2v) is 5.25. The first kappa shape index (κ1) is 15.3. The minimum absolute atomic E-state index is 0.0540. The zero-order valence-electron chi connectivity index (χ0n) is 11.1. The average molecular weight is 290 g/mol. The van der Waals surface area contributed by atoms with Gasteiger partial charge < -0.3 is 5.73 Å². The smallest absolute Gasteiger partial charge is 0.326 e. The third kappa shape index (κ3) is 3.70. The van der Waals surface area contributed by atoms with Gasteiger partial charge in [0.2, 0.25) is 0 Å². The molecule has 1 fully saturated rings. The van der Waals surface area contributed by atoms with E-state index in [4.69, 9.17) is 5.73 Å². The van der Waals surface area contributed by atoms with Gasteiger partial charge in [-0.05, 0) is 31.0 Å². The summed E-state index contributed by atoms with van der Waals surface area (Å²) in [5.74, 6) is -1.70. The molecule has 20 heavy (non-hydrogen) atoms. The molecule has 0 radical (unpaired) electrons. The van der Waals surface area contributed by atoms with Crippen molar-refractivity contribution in [1.29, 1.82) is 0 Å². The van der Waals surface area contributed by atoms with Crippen LogP contribution in [-0.4, -0.2) is 24.2 Å². The van der Waals surface area contributed by atoms with E-state index in [0.29, 0.717) is 24.1 Å². The predicted octanol–water partition coefficient (Wildman–Crippen LogP) is 3.06. The highest BCUT2D eigenvalue weighted by molar-refractivity contribution is 5.24. The molecule has 0 bridgehead atoms. The molecule has 0 aromatic heterocycles. The maximum Gasteiger partial charge on any atom is 0.393 e. The zero-order valence-corrected chi connectivity index (χ0v) is 11.1. The van der Waals surface area contributed by atoms with E-state index >= 15 is 0 Å². The lowest BCUT2D eigenvalue weighted by molar-refractivity contribution is -0.187. The van der Waals surface area contributed by atoms with Crippen molar-refractivity contribution in [3.63, 3.8) is 0 Å². The Kier molecular flexibility index (Phi) is 4.65. The summed E-state index contributed by atoms with van der Waals surface area (Å²) >= 11 is 0. The molecule has 0 aliphatic carbocycles. The van der Waals surface area contributed by atoms with Gasteiger partial charge in [0.1, 0.15) is 5.82 Å². The maximum absolute atomic E-state index is 13.8. The van der Waals surface area contributed by atoms with Crippen LogP contribution in [0.15, 0.2) is 18.2 Å². The van der Waals surface area contributed by atoms with Crippen LogP contribution in [0.5, 0.6) is 0 Å². The van der Waals surface area contributed by atoms with Crippen molar-refractivity contribution in [2.45, 2.75) is 32.1 Å². The molecule has 1 atom stereocenters. The van der Waals surface area contributed by atoms with Crippen molar-refractivity contribution in [3.8, 4) is 0 Å². The van der Waals surface area contributed by atoms with Crippen LogP contribution in [0, 0.1) is 11.7 Å². The van der Waals surface area contributed by atoms with Gasteiger partial charge >= 0.3 is 6.18 Å². The topological polar surface area (TPSA) is 29.3 Å². The molecule has 1 unspecified atom stereocenters. The quantitative estimate of drug-likeness (QED) is 0.867. The molecule has 6 heteroatoms. The van der Waals surface area contributed by atoms with Gasteiger partial charge in [-0.15, -0.1) is 0 Å². The summed E-state index contributed by atoms with van der Waals surface area (Å²) in [6.45, 7) is 0.979. The lowest BCUT2D eigenvalue weighted by atomic mass is 9.97. The largest absolute Gasteiger partial charge is 0.393 e. The van der Waals surface area contributed by atoms with E-state index in [9.17, 15) is 17.6 Å². The summed E-state index contributed by atoms with van der Waals surface area (Å²) in [6.07, 6.45) is -3.51. The van der Waals surface area contributed by atoms with E-state index in [1.54, 1.807) is 17.0 Å². The van der Waals surface area contributed by atoms with Gasteiger partial charge in [-0.25, -0.2) is 4.39 Å². The van der Waals surface area contributed by atoms with Crippen LogP contribution < -0.4 is 5.73 Å². The molecule has 2 rings (SSSR count). The van der Waals surface area contributed by atoms with Crippen molar-refractivity contribution >= 4 is 0 Å². The lowest BCUT2D eigenvalue weighted by Gasteiger charge is -2.33. The molecule has 1 aromatic carbocycles. The van der Waals surface area contributed by atoms with Crippen LogP contribution >= 0.6 is 0 Å². The third-order valence-corrected chi connectivity index (χ3v) is 3.72. The first-order valence-electron chi connectivity index (χ1n) is 6.66. The molecule has 2 nitrogen and oxygen atoms in total. The number of piperidine rings is 1. The Morgan fingerprint density at radius 2 is 2.05 bits per heavy atom. The number of nitrogens with two attached hydrogens (primary N) is 1. The number of rotatable bonds is 3. The van der Waals surface area contributed by atoms with Gasteiger partial charge in [-0.1, -0.05) is 12.1 Å². The lowest BCUT2D eigenvalue weighted by Crippen LogP contribution is -2.41. The second-order valence-electron chi connectivity index (χ2n) is 5.25. The molecule has 0 amide bonds. The predicted molar refractivity (Wildman–Crippen MR) is 68.3 cm³/mol. The molecular formula is C14H18F4N2. The normalized spacial score (nSPS) is 21.1. The van der Waals surface area contributed by atoms with Crippen molar-refractivity contribution in [2.24, 2.45) is 11.7 Å². The van der Waals surface area contributed by atoms with E-state index in [-0.39, 0.29) is 26.1 Å². The summed E-state index contributed by atoms with van der Waals surface area (Å²) in [5.41, 5.74) is 6.52. The average Bonchev–Trinajstić information content (AvgIpc) is 2.40. The SMILES string of the molecule is NCc1ccc(CN2CCCC(C(F)(F)F)C2)c(F)c1. The highest BCUT2D eigenvalue weighted by Gasteiger charge is 2.41. The molecule has 1 aliphatic heterocycles. The minimum Gasteiger partial charge on any atom is -0.326 e. The molecular weight excluding hydrogens is 272 g/mol. The minimum atomic E-state index is -4.17. The van der Waals surface area contributed by atoms with Crippen LogP contribution in [0.1, 0.15) is 24.0 Å². The summed E-state index contributed by atoms with van der Waals surface area (Å²) in [6, 6.07) is 4.67. The van der Waals surface area contributed by atoms with E-state index in [2.05, 4.69) is 0 Å². The summed E-state index contributed by atoms with van der Waals surface area (Å²) in [7, 11) is 0. The van der Waals surface area contributed by atoms with Crippen molar-refractivity contribution in [2.75, 3.05) is 13.1 Å². The number of halogens is 4. The molecule has 2 N–H and O–H groups in total. The summed E-state index contributed by atoms with van der Waals surface area (Å²) in [5, 5.41) is 0. The van der Waals surface area contributed by atoms with Gasteiger partial charge in [0.25, 0.3) is 0 Å². The van der Waals surface area contributed by atoms with Gasteiger partial charge in [-0.2, -0.15) is 13.2 Å². The first-order chi connectivity index (χ1) is 9.40. The van der Waals surface area contributed by atoms with Crippen LogP contribution in [0.3, 0.4) is 0 Å². The van der Waals surface area contributed by atoms with E-state index in [0.717, 1.165) is 0 Å². The van der Waals surface area contributed by atoms with E-state index in [1.165, 1.54) is 6.07 Å². The molecule has 112 valence electrons. The number of nitrogens with zero attached hydrogens (tertiary/aromatic N) is 1. The van der Waals surface area contributed by atoms with E-state index < -0.39 is 17.9 Å². The molecule has 0 saturated carbocycles. The fourth-order valence-electron chi connectivity index (χ4n) is 2.55. The molecule has 1 saturated heterocycles. The van der Waals surface area contributed by atoms with Gasteiger partial charge in [0, 0.05) is 25.2 Å². The van der Waals surface area contributed by atoms with Crippen molar-refractivity contribution < 1.29 is 17.6 Å². The Bertz CT molecular complexity index is 459. The third-order valence-electron chi connectivity index (χ3n) is 3.72. The Morgan fingerprint density at radius 3 is 2.65 bits per heavy atom. The Balaban J connectivity index is 2.03. The number of benzene rings is 1. The van der Waals surface area contributed by atoms with Crippen LogP contribution in [0.25, 0.3) is 0 Å². The van der Waals surface area contributed by atoms with Gasteiger partial charge in [-0.3, -0.25) is 4.90 Å². The maximum atomic E-state index is 13.8. The summed E-state index contributed by atoms with van der Waals surface area (Å²) < 4.78 is 52.0.